The molecule has 132 valence electrons. The molecule has 1 amide bonds. The van der Waals surface area contributed by atoms with E-state index in [4.69, 9.17) is 5.73 Å². The van der Waals surface area contributed by atoms with E-state index in [1.165, 1.54) is 5.56 Å². The van der Waals surface area contributed by atoms with Gasteiger partial charge in [0.05, 0.1) is 0 Å². The predicted molar refractivity (Wildman–Crippen MR) is 101 cm³/mol. The molecule has 2 aromatic carbocycles. The SMILES string of the molecule is CC1CC(NC(=O)C(C)(N)c2ccccc2)CN1Cc1ccccc1. The summed E-state index contributed by atoms with van der Waals surface area (Å²) in [5, 5.41) is 3.16. The largest absolute Gasteiger partial charge is 0.350 e. The zero-order chi connectivity index (χ0) is 17.9. The molecule has 1 aliphatic rings. The van der Waals surface area contributed by atoms with E-state index in [0.717, 1.165) is 25.1 Å². The van der Waals surface area contributed by atoms with Crippen molar-refractivity contribution in [3.05, 3.63) is 71.8 Å². The second-order valence-electron chi connectivity index (χ2n) is 7.24. The number of nitrogens with two attached hydrogens (primary N) is 1. The fraction of sp³-hybridized carbons (Fsp3) is 0.381. The minimum Gasteiger partial charge on any atom is -0.350 e. The van der Waals surface area contributed by atoms with E-state index in [1.807, 2.05) is 36.4 Å². The molecule has 3 unspecified atom stereocenters. The number of rotatable bonds is 5. The van der Waals surface area contributed by atoms with Crippen LogP contribution < -0.4 is 11.1 Å². The van der Waals surface area contributed by atoms with Crippen LogP contribution in [0.15, 0.2) is 60.7 Å². The molecule has 3 N–H and O–H groups in total. The highest BCUT2D eigenvalue weighted by molar-refractivity contribution is 5.87. The third kappa shape index (κ3) is 4.09. The van der Waals surface area contributed by atoms with Gasteiger partial charge < -0.3 is 11.1 Å². The van der Waals surface area contributed by atoms with Crippen LogP contribution in [0.3, 0.4) is 0 Å². The van der Waals surface area contributed by atoms with Crippen molar-refractivity contribution in [3.63, 3.8) is 0 Å². The lowest BCUT2D eigenvalue weighted by molar-refractivity contribution is -0.126. The summed E-state index contributed by atoms with van der Waals surface area (Å²) in [4.78, 5) is 15.2. The van der Waals surface area contributed by atoms with Crippen LogP contribution >= 0.6 is 0 Å². The van der Waals surface area contributed by atoms with Crippen molar-refractivity contribution >= 4 is 5.91 Å². The normalized spacial score (nSPS) is 23.2. The van der Waals surface area contributed by atoms with E-state index in [0.29, 0.717) is 6.04 Å². The lowest BCUT2D eigenvalue weighted by atomic mass is 9.92. The van der Waals surface area contributed by atoms with E-state index in [2.05, 4.69) is 41.4 Å². The van der Waals surface area contributed by atoms with Gasteiger partial charge in [0.1, 0.15) is 5.54 Å². The molecule has 0 aromatic heterocycles. The third-order valence-corrected chi connectivity index (χ3v) is 5.11. The van der Waals surface area contributed by atoms with Gasteiger partial charge >= 0.3 is 0 Å². The topological polar surface area (TPSA) is 58.4 Å². The van der Waals surface area contributed by atoms with Crippen molar-refractivity contribution in [2.24, 2.45) is 5.73 Å². The maximum Gasteiger partial charge on any atom is 0.244 e. The van der Waals surface area contributed by atoms with Gasteiger partial charge in [-0.25, -0.2) is 0 Å². The highest BCUT2D eigenvalue weighted by Gasteiger charge is 2.35. The Balaban J connectivity index is 1.61. The van der Waals surface area contributed by atoms with Crippen molar-refractivity contribution in [1.29, 1.82) is 0 Å². The molecule has 1 heterocycles. The van der Waals surface area contributed by atoms with E-state index < -0.39 is 5.54 Å². The third-order valence-electron chi connectivity index (χ3n) is 5.11. The number of benzene rings is 2. The molecule has 0 saturated carbocycles. The second-order valence-corrected chi connectivity index (χ2v) is 7.24. The minimum absolute atomic E-state index is 0.113. The predicted octanol–water partition coefficient (Wildman–Crippen LogP) is 2.64. The average molecular weight is 337 g/mol. The van der Waals surface area contributed by atoms with E-state index in [1.54, 1.807) is 6.92 Å². The first kappa shape index (κ1) is 17.6. The first-order valence-corrected chi connectivity index (χ1v) is 8.90. The lowest BCUT2D eigenvalue weighted by Crippen LogP contribution is -2.52. The number of nitrogens with one attached hydrogen (secondary N) is 1. The number of likely N-dealkylation sites (tertiary alicyclic amines) is 1. The Kier molecular flexibility index (Phi) is 5.21. The van der Waals surface area contributed by atoms with Crippen LogP contribution in [0.25, 0.3) is 0 Å². The van der Waals surface area contributed by atoms with Crippen molar-refractivity contribution in [2.75, 3.05) is 6.54 Å². The van der Waals surface area contributed by atoms with Crippen LogP contribution in [0.2, 0.25) is 0 Å². The Labute approximate surface area is 150 Å². The molecule has 3 atom stereocenters. The summed E-state index contributed by atoms with van der Waals surface area (Å²) in [5.74, 6) is -0.113. The number of hydrogen-bond donors (Lipinski definition) is 2. The van der Waals surface area contributed by atoms with Crippen LogP contribution in [0.1, 0.15) is 31.4 Å². The Hall–Kier alpha value is -2.17. The van der Waals surface area contributed by atoms with Crippen LogP contribution in [0, 0.1) is 0 Å². The molecule has 0 spiro atoms. The van der Waals surface area contributed by atoms with Crippen molar-refractivity contribution in [1.82, 2.24) is 10.2 Å². The van der Waals surface area contributed by atoms with Crippen LogP contribution in [-0.2, 0) is 16.9 Å². The van der Waals surface area contributed by atoms with Crippen molar-refractivity contribution < 1.29 is 4.79 Å². The van der Waals surface area contributed by atoms with Gasteiger partial charge in [0, 0.05) is 25.2 Å². The number of amides is 1. The highest BCUT2D eigenvalue weighted by atomic mass is 16.2. The fourth-order valence-corrected chi connectivity index (χ4v) is 3.49. The van der Waals surface area contributed by atoms with Gasteiger partial charge in [0.15, 0.2) is 0 Å². The summed E-state index contributed by atoms with van der Waals surface area (Å²) in [7, 11) is 0. The summed E-state index contributed by atoms with van der Waals surface area (Å²) < 4.78 is 0. The number of carbonyl (C=O) groups is 1. The summed E-state index contributed by atoms with van der Waals surface area (Å²) in [6.07, 6.45) is 0.948. The molecule has 3 rings (SSSR count). The minimum atomic E-state index is -1.02. The number of hydrogen-bond acceptors (Lipinski definition) is 3. The van der Waals surface area contributed by atoms with Gasteiger partial charge in [-0.3, -0.25) is 9.69 Å². The van der Waals surface area contributed by atoms with Gasteiger partial charge in [0.25, 0.3) is 0 Å². The standard InChI is InChI=1S/C21H27N3O/c1-16-13-19(15-24(16)14-17-9-5-3-6-10-17)23-20(25)21(2,22)18-11-7-4-8-12-18/h3-12,16,19H,13-15,22H2,1-2H3,(H,23,25). The van der Waals surface area contributed by atoms with E-state index in [9.17, 15) is 4.79 Å². The van der Waals surface area contributed by atoms with E-state index in [-0.39, 0.29) is 11.9 Å². The summed E-state index contributed by atoms with van der Waals surface area (Å²) in [6, 6.07) is 20.6. The molecule has 1 aliphatic heterocycles. The van der Waals surface area contributed by atoms with Crippen molar-refractivity contribution in [3.8, 4) is 0 Å². The monoisotopic (exact) mass is 337 g/mol. The molecular weight excluding hydrogens is 310 g/mol. The maximum atomic E-state index is 12.7. The fourth-order valence-electron chi connectivity index (χ4n) is 3.49. The van der Waals surface area contributed by atoms with Gasteiger partial charge in [-0.1, -0.05) is 60.7 Å². The molecule has 0 bridgehead atoms. The Morgan fingerprint density at radius 3 is 2.40 bits per heavy atom. The molecular formula is C21H27N3O. The number of nitrogens with zero attached hydrogens (tertiary/aromatic N) is 1. The molecule has 1 fully saturated rings. The Bertz CT molecular complexity index is 700. The van der Waals surface area contributed by atoms with Gasteiger partial charge in [-0.2, -0.15) is 0 Å². The van der Waals surface area contributed by atoms with Crippen molar-refractivity contribution in [2.45, 2.75) is 44.4 Å². The van der Waals surface area contributed by atoms with Gasteiger partial charge in [-0.15, -0.1) is 0 Å². The zero-order valence-electron chi connectivity index (χ0n) is 15.0. The summed E-state index contributed by atoms with van der Waals surface area (Å²) in [6.45, 7) is 5.76. The molecule has 2 aromatic rings. The highest BCUT2D eigenvalue weighted by Crippen LogP contribution is 2.22. The molecule has 4 heteroatoms. The zero-order valence-corrected chi connectivity index (χ0v) is 15.0. The average Bonchev–Trinajstić information content (AvgIpc) is 2.95. The number of carbonyl (C=O) groups excluding carboxylic acids is 1. The van der Waals surface area contributed by atoms with Crippen LogP contribution in [-0.4, -0.2) is 29.4 Å². The summed E-state index contributed by atoms with van der Waals surface area (Å²) >= 11 is 0. The van der Waals surface area contributed by atoms with Gasteiger partial charge in [-0.05, 0) is 31.4 Å². The molecule has 1 saturated heterocycles. The van der Waals surface area contributed by atoms with E-state index >= 15 is 0 Å². The molecule has 4 nitrogen and oxygen atoms in total. The molecule has 0 radical (unpaired) electrons. The molecule has 0 aliphatic carbocycles. The molecule has 25 heavy (non-hydrogen) atoms. The second kappa shape index (κ2) is 7.38. The smallest absolute Gasteiger partial charge is 0.244 e. The quantitative estimate of drug-likeness (QED) is 0.882. The Morgan fingerprint density at radius 1 is 1.16 bits per heavy atom. The van der Waals surface area contributed by atoms with Crippen LogP contribution in [0.4, 0.5) is 0 Å². The Morgan fingerprint density at radius 2 is 1.76 bits per heavy atom. The maximum absolute atomic E-state index is 12.7. The first-order valence-electron chi connectivity index (χ1n) is 8.90. The van der Waals surface area contributed by atoms with Gasteiger partial charge in [0.2, 0.25) is 5.91 Å². The lowest BCUT2D eigenvalue weighted by Gasteiger charge is -2.26. The van der Waals surface area contributed by atoms with Crippen LogP contribution in [0.5, 0.6) is 0 Å². The first-order chi connectivity index (χ1) is 12.0. The summed E-state index contributed by atoms with van der Waals surface area (Å²) in [5.41, 5.74) is 7.44.